The van der Waals surface area contributed by atoms with E-state index in [4.69, 9.17) is 27.9 Å². The summed E-state index contributed by atoms with van der Waals surface area (Å²) < 4.78 is 34.0. The van der Waals surface area contributed by atoms with Gasteiger partial charge in [-0.25, -0.2) is 4.79 Å². The van der Waals surface area contributed by atoms with E-state index >= 15 is 0 Å². The molecule has 0 spiro atoms. The molecule has 0 aliphatic heterocycles. The second-order valence-corrected chi connectivity index (χ2v) is 5.29. The number of halogens is 4. The summed E-state index contributed by atoms with van der Waals surface area (Å²) in [5.41, 5.74) is 0.574. The number of carbonyl (C=O) groups is 1. The predicted octanol–water partition coefficient (Wildman–Crippen LogP) is 5.25. The molecule has 0 saturated carbocycles. The van der Waals surface area contributed by atoms with Crippen LogP contribution in [-0.2, 0) is 0 Å². The number of methoxy groups -OCH3 is 1. The van der Waals surface area contributed by atoms with Crippen molar-refractivity contribution < 1.29 is 23.0 Å². The van der Waals surface area contributed by atoms with Gasteiger partial charge < -0.3 is 20.1 Å². The Kier molecular flexibility index (Phi) is 6.05. The second kappa shape index (κ2) is 8.03. The molecule has 0 bridgehead atoms. The molecule has 24 heavy (non-hydrogen) atoms. The zero-order valence-corrected chi connectivity index (χ0v) is 13.8. The van der Waals surface area contributed by atoms with E-state index in [0.717, 1.165) is 0 Å². The van der Waals surface area contributed by atoms with Crippen molar-refractivity contribution in [2.75, 3.05) is 17.7 Å². The lowest BCUT2D eigenvalue weighted by molar-refractivity contribution is -0.0511. The number of hydrogen-bond acceptors (Lipinski definition) is 3. The van der Waals surface area contributed by atoms with Gasteiger partial charge in [-0.2, -0.15) is 8.78 Å². The largest absolute Gasteiger partial charge is 0.493 e. The van der Waals surface area contributed by atoms with Crippen molar-refractivity contribution in [3.63, 3.8) is 0 Å². The standard InChI is InChI=1S/C15H12Cl2F2N2O3/c1-23-12-5-3-9(7-13(12)24-14(18)19)20-15(22)21-11-4-2-8(16)6-10(11)17/h2-7,14H,1H3,(H2,20,21,22). The van der Waals surface area contributed by atoms with E-state index in [1.54, 1.807) is 6.07 Å². The fraction of sp³-hybridized carbons (Fsp3) is 0.133. The van der Waals surface area contributed by atoms with Gasteiger partial charge in [0, 0.05) is 16.8 Å². The summed E-state index contributed by atoms with van der Waals surface area (Å²) in [6.45, 7) is -3.02. The van der Waals surface area contributed by atoms with Crippen molar-refractivity contribution in [3.05, 3.63) is 46.4 Å². The Morgan fingerprint density at radius 1 is 1.08 bits per heavy atom. The van der Waals surface area contributed by atoms with Gasteiger partial charge in [-0.05, 0) is 30.3 Å². The zero-order valence-electron chi connectivity index (χ0n) is 12.3. The van der Waals surface area contributed by atoms with E-state index in [9.17, 15) is 13.6 Å². The maximum absolute atomic E-state index is 12.4. The third-order valence-corrected chi connectivity index (χ3v) is 3.36. The van der Waals surface area contributed by atoms with Crippen molar-refractivity contribution >= 4 is 40.6 Å². The molecule has 2 N–H and O–H groups in total. The van der Waals surface area contributed by atoms with Crippen LogP contribution in [0.5, 0.6) is 11.5 Å². The summed E-state index contributed by atoms with van der Waals surface area (Å²) >= 11 is 11.7. The molecule has 0 heterocycles. The average Bonchev–Trinajstić information content (AvgIpc) is 2.50. The molecule has 0 saturated heterocycles. The number of carbonyl (C=O) groups excluding carboxylic acids is 1. The summed E-state index contributed by atoms with van der Waals surface area (Å²) in [6.07, 6.45) is 0. The highest BCUT2D eigenvalue weighted by Crippen LogP contribution is 2.31. The van der Waals surface area contributed by atoms with Crippen LogP contribution in [0.25, 0.3) is 0 Å². The molecule has 2 amide bonds. The van der Waals surface area contributed by atoms with Crippen molar-refractivity contribution in [3.8, 4) is 11.5 Å². The van der Waals surface area contributed by atoms with Crippen LogP contribution < -0.4 is 20.1 Å². The Bertz CT molecular complexity index is 745. The third-order valence-electron chi connectivity index (χ3n) is 2.82. The fourth-order valence-electron chi connectivity index (χ4n) is 1.82. The van der Waals surface area contributed by atoms with Gasteiger partial charge in [0.05, 0.1) is 17.8 Å². The van der Waals surface area contributed by atoms with E-state index < -0.39 is 12.6 Å². The SMILES string of the molecule is COc1ccc(NC(=O)Nc2ccc(Cl)cc2Cl)cc1OC(F)F. The van der Waals surface area contributed by atoms with Crippen molar-refractivity contribution in [2.45, 2.75) is 6.61 Å². The van der Waals surface area contributed by atoms with Gasteiger partial charge >= 0.3 is 12.6 Å². The summed E-state index contributed by atoms with van der Waals surface area (Å²) in [6, 6.07) is 8.03. The molecule has 2 aromatic carbocycles. The Balaban J connectivity index is 2.10. The number of hydrogen-bond donors (Lipinski definition) is 2. The highest BCUT2D eigenvalue weighted by molar-refractivity contribution is 6.36. The van der Waals surface area contributed by atoms with Gasteiger partial charge in [0.25, 0.3) is 0 Å². The number of amides is 2. The minimum atomic E-state index is -3.02. The lowest BCUT2D eigenvalue weighted by Crippen LogP contribution is -2.19. The summed E-state index contributed by atoms with van der Waals surface area (Å²) in [4.78, 5) is 12.0. The Labute approximate surface area is 146 Å². The van der Waals surface area contributed by atoms with Gasteiger partial charge in [-0.3, -0.25) is 0 Å². The highest BCUT2D eigenvalue weighted by Gasteiger charge is 2.13. The van der Waals surface area contributed by atoms with Crippen LogP contribution in [0.1, 0.15) is 0 Å². The van der Waals surface area contributed by atoms with E-state index in [1.165, 1.54) is 37.4 Å². The Hall–Kier alpha value is -2.25. The van der Waals surface area contributed by atoms with Crippen LogP contribution in [0.15, 0.2) is 36.4 Å². The maximum Gasteiger partial charge on any atom is 0.387 e. The summed E-state index contributed by atoms with van der Waals surface area (Å²) in [7, 11) is 1.32. The first kappa shape index (κ1) is 18.1. The lowest BCUT2D eigenvalue weighted by atomic mass is 10.2. The first-order valence-corrected chi connectivity index (χ1v) is 7.30. The lowest BCUT2D eigenvalue weighted by Gasteiger charge is -2.13. The number of anilines is 2. The third kappa shape index (κ3) is 4.87. The van der Waals surface area contributed by atoms with Gasteiger partial charge in [-0.15, -0.1) is 0 Å². The molecule has 0 radical (unpaired) electrons. The average molecular weight is 377 g/mol. The van der Waals surface area contributed by atoms with Crippen LogP contribution in [0.3, 0.4) is 0 Å². The number of urea groups is 1. The van der Waals surface area contributed by atoms with Gasteiger partial charge in [0.15, 0.2) is 11.5 Å². The Morgan fingerprint density at radius 3 is 2.46 bits per heavy atom. The molecule has 128 valence electrons. The molecule has 2 aromatic rings. The summed E-state index contributed by atoms with van der Waals surface area (Å²) in [5.74, 6) is -0.0863. The van der Waals surface area contributed by atoms with Crippen LogP contribution >= 0.6 is 23.2 Å². The Morgan fingerprint density at radius 2 is 1.83 bits per heavy atom. The molecule has 0 atom stereocenters. The molecule has 0 fully saturated rings. The van der Waals surface area contributed by atoms with Gasteiger partial charge in [0.1, 0.15) is 0 Å². The number of alkyl halides is 2. The smallest absolute Gasteiger partial charge is 0.387 e. The molecule has 0 aliphatic carbocycles. The zero-order chi connectivity index (χ0) is 17.7. The van der Waals surface area contributed by atoms with Crippen molar-refractivity contribution in [1.29, 1.82) is 0 Å². The van der Waals surface area contributed by atoms with E-state index in [1.807, 2.05) is 0 Å². The van der Waals surface area contributed by atoms with Crippen LogP contribution in [0.4, 0.5) is 25.0 Å². The van der Waals surface area contributed by atoms with Crippen LogP contribution in [0, 0.1) is 0 Å². The molecular weight excluding hydrogens is 365 g/mol. The minimum absolute atomic E-state index is 0.113. The first-order valence-electron chi connectivity index (χ1n) is 6.55. The molecular formula is C15H12Cl2F2N2O3. The number of nitrogens with one attached hydrogen (secondary N) is 2. The number of rotatable bonds is 5. The molecule has 5 nitrogen and oxygen atoms in total. The normalized spacial score (nSPS) is 10.4. The first-order chi connectivity index (χ1) is 11.4. The van der Waals surface area contributed by atoms with E-state index in [2.05, 4.69) is 15.4 Å². The molecule has 0 aromatic heterocycles. The quantitative estimate of drug-likeness (QED) is 0.749. The topological polar surface area (TPSA) is 59.6 Å². The van der Waals surface area contributed by atoms with Crippen molar-refractivity contribution in [2.24, 2.45) is 0 Å². The number of benzene rings is 2. The molecule has 0 aliphatic rings. The molecule has 9 heteroatoms. The monoisotopic (exact) mass is 376 g/mol. The predicted molar refractivity (Wildman–Crippen MR) is 88.7 cm³/mol. The van der Waals surface area contributed by atoms with Gasteiger partial charge in [0.2, 0.25) is 0 Å². The molecule has 2 rings (SSSR count). The molecule has 0 unspecified atom stereocenters. The maximum atomic E-state index is 12.4. The van der Waals surface area contributed by atoms with E-state index in [0.29, 0.717) is 10.7 Å². The minimum Gasteiger partial charge on any atom is -0.493 e. The van der Waals surface area contributed by atoms with Gasteiger partial charge in [-0.1, -0.05) is 23.2 Å². The fourth-order valence-corrected chi connectivity index (χ4v) is 2.27. The second-order valence-electron chi connectivity index (χ2n) is 4.45. The highest BCUT2D eigenvalue weighted by atomic mass is 35.5. The van der Waals surface area contributed by atoms with Crippen LogP contribution in [-0.4, -0.2) is 19.8 Å². The van der Waals surface area contributed by atoms with Crippen molar-refractivity contribution in [1.82, 2.24) is 0 Å². The summed E-state index contributed by atoms with van der Waals surface area (Å²) in [5, 5.41) is 5.67. The number of ether oxygens (including phenoxy) is 2. The van der Waals surface area contributed by atoms with E-state index in [-0.39, 0.29) is 22.2 Å². The van der Waals surface area contributed by atoms with Crippen LogP contribution in [0.2, 0.25) is 10.0 Å².